The van der Waals surface area contributed by atoms with E-state index in [1.165, 1.54) is 24.9 Å². The molecule has 36 heavy (non-hydrogen) atoms. The molecule has 0 saturated heterocycles. The Balaban J connectivity index is 1.45. The minimum absolute atomic E-state index is 0.255. The third-order valence-electron chi connectivity index (χ3n) is 5.64. The number of hydrogen-bond donors (Lipinski definition) is 1. The number of benzene rings is 2. The Kier molecular flexibility index (Phi) is 7.60. The van der Waals surface area contributed by atoms with E-state index in [4.69, 9.17) is 14.2 Å². The molecule has 0 atom stereocenters. The number of carbonyl (C=O) groups excluding carboxylic acids is 2. The van der Waals surface area contributed by atoms with Gasteiger partial charge in [0.25, 0.3) is 0 Å². The van der Waals surface area contributed by atoms with Crippen LogP contribution in [0.4, 0.5) is 4.79 Å². The molecule has 4 rings (SSSR count). The molecule has 0 aliphatic rings. The molecular formula is C27H26N4O5. The first-order chi connectivity index (χ1) is 17.5. The van der Waals surface area contributed by atoms with E-state index >= 15 is 0 Å². The molecule has 0 saturated carbocycles. The Morgan fingerprint density at radius 1 is 1.00 bits per heavy atom. The van der Waals surface area contributed by atoms with Gasteiger partial charge in [-0.1, -0.05) is 36.4 Å². The summed E-state index contributed by atoms with van der Waals surface area (Å²) in [4.78, 5) is 33.5. The lowest BCUT2D eigenvalue weighted by Crippen LogP contribution is -2.23. The maximum absolute atomic E-state index is 12.5. The largest absolute Gasteiger partial charge is 0.495 e. The highest BCUT2D eigenvalue weighted by Crippen LogP contribution is 2.30. The minimum atomic E-state index is -0.548. The van der Waals surface area contributed by atoms with Crippen molar-refractivity contribution in [1.82, 2.24) is 19.9 Å². The Labute approximate surface area is 208 Å². The maximum Gasteiger partial charge on any atom is 0.418 e. The van der Waals surface area contributed by atoms with Crippen LogP contribution in [0.3, 0.4) is 0 Å². The third kappa shape index (κ3) is 5.20. The standard InChI is InChI=1S/C27H26N4O5/c1-34-20-15-29-26(30-16-20)22-8-5-4-7-18(22)13-14-28-24(32)12-11-19-17-31(27(33)36-3)25-21(19)9-6-10-23(25)35-2/h4-12,15-17H,13-14H2,1-3H3,(H,28,32)/b12-11+. The van der Waals surface area contributed by atoms with Gasteiger partial charge in [0.1, 0.15) is 11.3 Å². The van der Waals surface area contributed by atoms with Crippen molar-refractivity contribution in [3.63, 3.8) is 0 Å². The van der Waals surface area contributed by atoms with Gasteiger partial charge in [-0.3, -0.25) is 4.79 Å². The molecule has 4 aromatic rings. The lowest BCUT2D eigenvalue weighted by Gasteiger charge is -2.09. The van der Waals surface area contributed by atoms with Gasteiger partial charge in [-0.15, -0.1) is 0 Å². The van der Waals surface area contributed by atoms with E-state index in [9.17, 15) is 9.59 Å². The van der Waals surface area contributed by atoms with Crippen molar-refractivity contribution in [2.75, 3.05) is 27.9 Å². The maximum atomic E-state index is 12.5. The van der Waals surface area contributed by atoms with Gasteiger partial charge in [0.2, 0.25) is 5.91 Å². The average Bonchev–Trinajstić information content (AvgIpc) is 3.30. The monoisotopic (exact) mass is 486 g/mol. The highest BCUT2D eigenvalue weighted by molar-refractivity contribution is 6.01. The predicted molar refractivity (Wildman–Crippen MR) is 136 cm³/mol. The number of nitrogens with zero attached hydrogens (tertiary/aromatic N) is 3. The summed E-state index contributed by atoms with van der Waals surface area (Å²) in [6.45, 7) is 0.425. The van der Waals surface area contributed by atoms with Gasteiger partial charge >= 0.3 is 6.09 Å². The average molecular weight is 487 g/mol. The van der Waals surface area contributed by atoms with Crippen molar-refractivity contribution in [2.45, 2.75) is 6.42 Å². The van der Waals surface area contributed by atoms with Gasteiger partial charge in [-0.05, 0) is 24.1 Å². The Hall–Kier alpha value is -4.66. The second-order valence-corrected chi connectivity index (χ2v) is 7.76. The fourth-order valence-corrected chi connectivity index (χ4v) is 3.88. The second kappa shape index (κ2) is 11.2. The second-order valence-electron chi connectivity index (χ2n) is 7.76. The molecule has 1 amide bonds. The summed E-state index contributed by atoms with van der Waals surface area (Å²) in [6.07, 6.45) is 8.02. The van der Waals surface area contributed by atoms with E-state index in [-0.39, 0.29) is 5.91 Å². The molecule has 0 spiro atoms. The van der Waals surface area contributed by atoms with Crippen LogP contribution in [0.5, 0.6) is 11.5 Å². The fourth-order valence-electron chi connectivity index (χ4n) is 3.88. The molecule has 9 heteroatoms. The van der Waals surface area contributed by atoms with Gasteiger partial charge < -0.3 is 19.5 Å². The summed E-state index contributed by atoms with van der Waals surface area (Å²) in [5.74, 6) is 1.45. The van der Waals surface area contributed by atoms with E-state index in [1.807, 2.05) is 36.4 Å². The van der Waals surface area contributed by atoms with E-state index in [0.717, 1.165) is 16.5 Å². The normalized spacial score (nSPS) is 11.0. The Morgan fingerprint density at radius 2 is 1.78 bits per heavy atom. The first-order valence-electron chi connectivity index (χ1n) is 11.2. The number of amides is 1. The van der Waals surface area contributed by atoms with Crippen LogP contribution >= 0.6 is 0 Å². The summed E-state index contributed by atoms with van der Waals surface area (Å²) in [5.41, 5.74) is 3.17. The molecular weight excluding hydrogens is 460 g/mol. The first kappa shape index (κ1) is 24.5. The van der Waals surface area contributed by atoms with Crippen molar-refractivity contribution in [1.29, 1.82) is 0 Å². The zero-order chi connectivity index (χ0) is 25.5. The highest BCUT2D eigenvalue weighted by atomic mass is 16.5. The molecule has 0 radical (unpaired) electrons. The quantitative estimate of drug-likeness (QED) is 0.374. The van der Waals surface area contributed by atoms with Gasteiger partial charge in [0.05, 0.1) is 33.7 Å². The molecule has 9 nitrogen and oxygen atoms in total. The summed E-state index contributed by atoms with van der Waals surface area (Å²) < 4.78 is 16.8. The summed E-state index contributed by atoms with van der Waals surface area (Å²) >= 11 is 0. The minimum Gasteiger partial charge on any atom is -0.495 e. The van der Waals surface area contributed by atoms with Crippen LogP contribution in [0.2, 0.25) is 0 Å². The molecule has 0 unspecified atom stereocenters. The molecule has 0 aliphatic carbocycles. The van der Waals surface area contributed by atoms with Crippen molar-refractivity contribution in [3.05, 3.63) is 78.3 Å². The zero-order valence-electron chi connectivity index (χ0n) is 20.2. The van der Waals surface area contributed by atoms with Crippen molar-refractivity contribution in [2.24, 2.45) is 0 Å². The molecule has 1 N–H and O–H groups in total. The molecule has 2 aromatic carbocycles. The van der Waals surface area contributed by atoms with Crippen LogP contribution in [-0.4, -0.2) is 54.4 Å². The van der Waals surface area contributed by atoms with Crippen LogP contribution in [0.15, 0.2) is 67.1 Å². The number of aromatic nitrogens is 3. The third-order valence-corrected chi connectivity index (χ3v) is 5.64. The Bertz CT molecular complexity index is 1410. The lowest BCUT2D eigenvalue weighted by molar-refractivity contribution is -0.116. The summed E-state index contributed by atoms with van der Waals surface area (Å²) in [6, 6.07) is 13.2. The van der Waals surface area contributed by atoms with Crippen molar-refractivity contribution < 1.29 is 23.8 Å². The number of fused-ring (bicyclic) bond motifs is 1. The molecule has 2 aromatic heterocycles. The van der Waals surface area contributed by atoms with E-state index in [0.29, 0.717) is 41.4 Å². The van der Waals surface area contributed by atoms with E-state index in [2.05, 4.69) is 15.3 Å². The fraction of sp³-hybridized carbons (Fsp3) is 0.185. The number of carbonyl (C=O) groups is 2. The van der Waals surface area contributed by atoms with Crippen LogP contribution < -0.4 is 14.8 Å². The van der Waals surface area contributed by atoms with E-state index in [1.54, 1.807) is 37.8 Å². The van der Waals surface area contributed by atoms with Crippen molar-refractivity contribution >= 4 is 29.0 Å². The first-order valence-corrected chi connectivity index (χ1v) is 11.2. The molecule has 0 aliphatic heterocycles. The number of hydrogen-bond acceptors (Lipinski definition) is 7. The SMILES string of the molecule is COC(=O)n1cc(/C=C/C(=O)NCCc2ccccc2-c2ncc(OC)cn2)c2cccc(OC)c21. The van der Waals surface area contributed by atoms with Gasteiger partial charge in [-0.2, -0.15) is 0 Å². The van der Waals surface area contributed by atoms with Gasteiger partial charge in [0.15, 0.2) is 11.6 Å². The topological polar surface area (TPSA) is 105 Å². The number of ether oxygens (including phenoxy) is 3. The van der Waals surface area contributed by atoms with Gasteiger partial charge in [-0.25, -0.2) is 19.3 Å². The van der Waals surface area contributed by atoms with Crippen LogP contribution in [0.1, 0.15) is 11.1 Å². The van der Waals surface area contributed by atoms with E-state index < -0.39 is 6.09 Å². The summed E-state index contributed by atoms with van der Waals surface area (Å²) in [5, 5.41) is 3.66. The van der Waals surface area contributed by atoms with Crippen LogP contribution in [0, 0.1) is 0 Å². The molecule has 0 bridgehead atoms. The van der Waals surface area contributed by atoms with Crippen LogP contribution in [0.25, 0.3) is 28.4 Å². The number of rotatable bonds is 8. The molecule has 184 valence electrons. The zero-order valence-corrected chi connectivity index (χ0v) is 20.2. The number of nitrogens with one attached hydrogen (secondary N) is 1. The highest BCUT2D eigenvalue weighted by Gasteiger charge is 2.16. The van der Waals surface area contributed by atoms with Crippen molar-refractivity contribution in [3.8, 4) is 22.9 Å². The molecule has 2 heterocycles. The summed E-state index contributed by atoms with van der Waals surface area (Å²) in [7, 11) is 4.41. The smallest absolute Gasteiger partial charge is 0.418 e. The number of methoxy groups -OCH3 is 3. The lowest BCUT2D eigenvalue weighted by atomic mass is 10.0. The molecule has 0 fully saturated rings. The van der Waals surface area contributed by atoms with Crippen LogP contribution in [-0.2, 0) is 16.0 Å². The van der Waals surface area contributed by atoms with Gasteiger partial charge in [0, 0.05) is 35.3 Å². The Morgan fingerprint density at radius 3 is 2.50 bits per heavy atom. The predicted octanol–water partition coefficient (Wildman–Crippen LogP) is 4.10. The number of para-hydroxylation sites is 1.